The molecule has 0 unspecified atom stereocenters. The molecule has 0 atom stereocenters. The summed E-state index contributed by atoms with van der Waals surface area (Å²) in [5, 5.41) is 6.56. The maximum atomic E-state index is 4.48. The molecule has 0 fully saturated rings. The van der Waals surface area contributed by atoms with E-state index in [2.05, 4.69) is 44.6 Å². The molecule has 0 aliphatic carbocycles. The summed E-state index contributed by atoms with van der Waals surface area (Å²) in [5.41, 5.74) is 3.67. The summed E-state index contributed by atoms with van der Waals surface area (Å²) in [6.07, 6.45) is 5.30. The van der Waals surface area contributed by atoms with Gasteiger partial charge in [0.1, 0.15) is 5.82 Å². The minimum Gasteiger partial charge on any atom is -0.366 e. The third-order valence-corrected chi connectivity index (χ3v) is 3.58. The lowest BCUT2D eigenvalue weighted by Crippen LogP contribution is -2.07. The molecule has 3 aromatic rings. The molecule has 0 amide bonds. The highest BCUT2D eigenvalue weighted by Crippen LogP contribution is 2.11. The van der Waals surface area contributed by atoms with Crippen molar-refractivity contribution in [3.8, 4) is 0 Å². The summed E-state index contributed by atoms with van der Waals surface area (Å²) in [6, 6.07) is 14.1. The zero-order chi connectivity index (χ0) is 15.9. The van der Waals surface area contributed by atoms with E-state index in [-0.39, 0.29) is 0 Å². The molecule has 5 heteroatoms. The van der Waals surface area contributed by atoms with Crippen molar-refractivity contribution in [1.82, 2.24) is 15.0 Å². The van der Waals surface area contributed by atoms with Crippen LogP contribution in [0.4, 0.5) is 11.8 Å². The first-order valence-electron chi connectivity index (χ1n) is 7.55. The molecule has 23 heavy (non-hydrogen) atoms. The quantitative estimate of drug-likeness (QED) is 0.731. The second-order valence-electron chi connectivity index (χ2n) is 5.25. The number of nitrogens with one attached hydrogen (secondary N) is 2. The highest BCUT2D eigenvalue weighted by Gasteiger charge is 2.01. The molecule has 0 spiro atoms. The van der Waals surface area contributed by atoms with Crippen LogP contribution in [-0.4, -0.2) is 15.0 Å². The zero-order valence-electron chi connectivity index (χ0n) is 13.0. The van der Waals surface area contributed by atoms with Crippen molar-refractivity contribution < 1.29 is 0 Å². The molecule has 0 radical (unpaired) electrons. The molecular formula is C18H19N5. The molecule has 2 heterocycles. The first-order valence-corrected chi connectivity index (χ1v) is 7.55. The summed E-state index contributed by atoms with van der Waals surface area (Å²) in [5.74, 6) is 1.41. The van der Waals surface area contributed by atoms with E-state index in [1.54, 1.807) is 18.6 Å². The Labute approximate surface area is 135 Å². The number of pyridine rings is 1. The van der Waals surface area contributed by atoms with Crippen molar-refractivity contribution in [2.45, 2.75) is 20.0 Å². The lowest BCUT2D eigenvalue weighted by atomic mass is 10.1. The van der Waals surface area contributed by atoms with E-state index in [0.717, 1.165) is 17.9 Å². The van der Waals surface area contributed by atoms with E-state index in [4.69, 9.17) is 0 Å². The van der Waals surface area contributed by atoms with E-state index >= 15 is 0 Å². The average Bonchev–Trinajstić information content (AvgIpc) is 2.61. The molecule has 116 valence electrons. The van der Waals surface area contributed by atoms with Gasteiger partial charge in [-0.25, -0.2) is 4.98 Å². The topological polar surface area (TPSA) is 62.7 Å². The van der Waals surface area contributed by atoms with Crippen LogP contribution in [-0.2, 0) is 13.1 Å². The van der Waals surface area contributed by atoms with Crippen LogP contribution in [0.15, 0.2) is 61.1 Å². The van der Waals surface area contributed by atoms with Gasteiger partial charge in [-0.15, -0.1) is 0 Å². The van der Waals surface area contributed by atoms with Gasteiger partial charge in [-0.05, 0) is 41.8 Å². The van der Waals surface area contributed by atoms with Crippen molar-refractivity contribution >= 4 is 11.8 Å². The highest BCUT2D eigenvalue weighted by atomic mass is 15.1. The standard InChI is InChI=1S/C18H19N5/c1-14-4-2-3-5-16(14)13-21-17-8-11-20-18(23-17)22-12-15-6-9-19-10-7-15/h2-11H,12-13H2,1H3,(H2,20,21,22,23). The van der Waals surface area contributed by atoms with Gasteiger partial charge in [0.2, 0.25) is 5.95 Å². The van der Waals surface area contributed by atoms with Crippen LogP contribution in [0.1, 0.15) is 16.7 Å². The predicted octanol–water partition coefficient (Wildman–Crippen LogP) is 3.40. The second kappa shape index (κ2) is 7.35. The van der Waals surface area contributed by atoms with Crippen LogP contribution < -0.4 is 10.6 Å². The number of nitrogens with zero attached hydrogens (tertiary/aromatic N) is 3. The Balaban J connectivity index is 1.60. The first kappa shape index (κ1) is 15.0. The van der Waals surface area contributed by atoms with Crippen LogP contribution >= 0.6 is 0 Å². The summed E-state index contributed by atoms with van der Waals surface area (Å²) >= 11 is 0. The maximum Gasteiger partial charge on any atom is 0.224 e. The number of benzene rings is 1. The van der Waals surface area contributed by atoms with Gasteiger partial charge in [-0.2, -0.15) is 4.98 Å². The van der Waals surface area contributed by atoms with Crippen LogP contribution in [0, 0.1) is 6.92 Å². The smallest absolute Gasteiger partial charge is 0.224 e. The van der Waals surface area contributed by atoms with Gasteiger partial charge in [0, 0.05) is 31.7 Å². The van der Waals surface area contributed by atoms with E-state index in [9.17, 15) is 0 Å². The van der Waals surface area contributed by atoms with Crippen LogP contribution in [0.25, 0.3) is 0 Å². The molecule has 0 saturated heterocycles. The third kappa shape index (κ3) is 4.26. The SMILES string of the molecule is Cc1ccccc1CNc1ccnc(NCc2ccncc2)n1. The summed E-state index contributed by atoms with van der Waals surface area (Å²) < 4.78 is 0. The molecule has 0 bridgehead atoms. The molecule has 0 aliphatic heterocycles. The summed E-state index contributed by atoms with van der Waals surface area (Å²) in [7, 11) is 0. The third-order valence-electron chi connectivity index (χ3n) is 3.58. The van der Waals surface area contributed by atoms with Crippen LogP contribution in [0.2, 0.25) is 0 Å². The van der Waals surface area contributed by atoms with E-state index in [1.165, 1.54) is 11.1 Å². The average molecular weight is 305 g/mol. The fourth-order valence-electron chi connectivity index (χ4n) is 2.22. The van der Waals surface area contributed by atoms with Gasteiger partial charge >= 0.3 is 0 Å². The lowest BCUT2D eigenvalue weighted by Gasteiger charge is -2.10. The van der Waals surface area contributed by atoms with Gasteiger partial charge in [-0.3, -0.25) is 4.98 Å². The number of hydrogen-bond acceptors (Lipinski definition) is 5. The summed E-state index contributed by atoms with van der Waals surface area (Å²) in [4.78, 5) is 12.7. The largest absolute Gasteiger partial charge is 0.366 e. The van der Waals surface area contributed by atoms with Gasteiger partial charge in [0.25, 0.3) is 0 Å². The number of hydrogen-bond donors (Lipinski definition) is 2. The monoisotopic (exact) mass is 305 g/mol. The van der Waals surface area contributed by atoms with Crippen molar-refractivity contribution in [3.05, 3.63) is 77.7 Å². The van der Waals surface area contributed by atoms with Crippen molar-refractivity contribution in [2.75, 3.05) is 10.6 Å². The van der Waals surface area contributed by atoms with Gasteiger partial charge in [-0.1, -0.05) is 24.3 Å². The highest BCUT2D eigenvalue weighted by molar-refractivity contribution is 5.41. The van der Waals surface area contributed by atoms with Crippen molar-refractivity contribution in [2.24, 2.45) is 0 Å². The fourth-order valence-corrected chi connectivity index (χ4v) is 2.22. The molecule has 2 aromatic heterocycles. The van der Waals surface area contributed by atoms with Crippen molar-refractivity contribution in [3.63, 3.8) is 0 Å². The van der Waals surface area contributed by atoms with E-state index in [1.807, 2.05) is 30.3 Å². The van der Waals surface area contributed by atoms with E-state index in [0.29, 0.717) is 12.5 Å². The molecule has 0 aliphatic rings. The second-order valence-corrected chi connectivity index (χ2v) is 5.25. The minimum atomic E-state index is 0.608. The fraction of sp³-hybridized carbons (Fsp3) is 0.167. The Hall–Kier alpha value is -2.95. The Morgan fingerprint density at radius 3 is 2.52 bits per heavy atom. The Morgan fingerprint density at radius 1 is 0.870 bits per heavy atom. The molecule has 2 N–H and O–H groups in total. The Morgan fingerprint density at radius 2 is 1.70 bits per heavy atom. The predicted molar refractivity (Wildman–Crippen MR) is 92.1 cm³/mol. The van der Waals surface area contributed by atoms with E-state index < -0.39 is 0 Å². The van der Waals surface area contributed by atoms with Crippen LogP contribution in [0.5, 0.6) is 0 Å². The lowest BCUT2D eigenvalue weighted by molar-refractivity contribution is 1.03. The van der Waals surface area contributed by atoms with Gasteiger partial charge < -0.3 is 10.6 Å². The maximum absolute atomic E-state index is 4.48. The zero-order valence-corrected chi connectivity index (χ0v) is 13.0. The number of rotatable bonds is 6. The van der Waals surface area contributed by atoms with Crippen molar-refractivity contribution in [1.29, 1.82) is 0 Å². The molecule has 3 rings (SSSR count). The Bertz CT molecular complexity index is 758. The number of aromatic nitrogens is 3. The van der Waals surface area contributed by atoms with Gasteiger partial charge in [0.15, 0.2) is 0 Å². The molecule has 0 saturated carbocycles. The normalized spacial score (nSPS) is 10.3. The van der Waals surface area contributed by atoms with Crippen LogP contribution in [0.3, 0.4) is 0 Å². The minimum absolute atomic E-state index is 0.608. The molecule has 1 aromatic carbocycles. The number of aryl methyl sites for hydroxylation is 1. The Kier molecular flexibility index (Phi) is 4.79. The van der Waals surface area contributed by atoms with Gasteiger partial charge in [0.05, 0.1) is 0 Å². The molecular weight excluding hydrogens is 286 g/mol. The molecule has 5 nitrogen and oxygen atoms in total. The number of anilines is 2. The first-order chi connectivity index (χ1) is 11.3. The summed E-state index contributed by atoms with van der Waals surface area (Å²) in [6.45, 7) is 3.52.